The minimum absolute atomic E-state index is 0. The van der Waals surface area contributed by atoms with Gasteiger partial charge >= 0.3 is 6.18 Å². The van der Waals surface area contributed by atoms with E-state index in [1.54, 1.807) is 0 Å². The minimum atomic E-state index is -4.37. The average molecular weight is 269 g/mol. The second-order valence-corrected chi connectivity index (χ2v) is 3.18. The third-order valence-corrected chi connectivity index (χ3v) is 1.93. The third-order valence-electron chi connectivity index (χ3n) is 1.93. The van der Waals surface area contributed by atoms with Gasteiger partial charge in [0.15, 0.2) is 0 Å². The van der Waals surface area contributed by atoms with Crippen molar-refractivity contribution in [2.45, 2.75) is 12.7 Å². The van der Waals surface area contributed by atoms with E-state index in [1.165, 1.54) is 12.1 Å². The van der Waals surface area contributed by atoms with Gasteiger partial charge in [0, 0.05) is 6.54 Å². The Morgan fingerprint density at radius 2 is 2.00 bits per heavy atom. The quantitative estimate of drug-likeness (QED) is 0.877. The molecular formula is C10H12ClF3N2O. The fourth-order valence-electron chi connectivity index (χ4n) is 1.13. The Balaban J connectivity index is 0.00000256. The number of alkyl halides is 3. The monoisotopic (exact) mass is 268 g/mol. The molecule has 0 aromatic heterocycles. The van der Waals surface area contributed by atoms with Crippen molar-refractivity contribution in [2.24, 2.45) is 5.73 Å². The highest BCUT2D eigenvalue weighted by Crippen LogP contribution is 2.29. The van der Waals surface area contributed by atoms with Crippen LogP contribution < -0.4 is 11.1 Å². The molecule has 0 spiro atoms. The molecule has 0 atom stereocenters. The van der Waals surface area contributed by atoms with Crippen LogP contribution in [-0.4, -0.2) is 12.5 Å². The number of benzene rings is 1. The smallest absolute Gasteiger partial charge is 0.351 e. The van der Waals surface area contributed by atoms with Crippen molar-refractivity contribution in [3.05, 3.63) is 35.4 Å². The predicted molar refractivity (Wildman–Crippen MR) is 59.6 cm³/mol. The molecule has 1 aromatic rings. The minimum Gasteiger partial charge on any atom is -0.351 e. The van der Waals surface area contributed by atoms with Crippen molar-refractivity contribution in [1.82, 2.24) is 5.32 Å². The summed E-state index contributed by atoms with van der Waals surface area (Å²) in [6.45, 7) is -0.140. The van der Waals surface area contributed by atoms with Gasteiger partial charge in [-0.15, -0.1) is 12.4 Å². The molecule has 0 heterocycles. The molecule has 96 valence electrons. The van der Waals surface area contributed by atoms with Gasteiger partial charge in [-0.05, 0) is 17.7 Å². The molecule has 17 heavy (non-hydrogen) atoms. The van der Waals surface area contributed by atoms with E-state index in [-0.39, 0.29) is 25.5 Å². The van der Waals surface area contributed by atoms with Crippen LogP contribution >= 0.6 is 12.4 Å². The molecule has 0 bridgehead atoms. The first-order valence-electron chi connectivity index (χ1n) is 4.56. The van der Waals surface area contributed by atoms with Crippen LogP contribution in [0.4, 0.5) is 13.2 Å². The first kappa shape index (κ1) is 15.7. The zero-order valence-corrected chi connectivity index (χ0v) is 9.57. The van der Waals surface area contributed by atoms with Crippen LogP contribution in [0.1, 0.15) is 11.1 Å². The molecule has 3 nitrogen and oxygen atoms in total. The highest BCUT2D eigenvalue weighted by atomic mass is 35.5. The van der Waals surface area contributed by atoms with Gasteiger partial charge in [0.25, 0.3) is 0 Å². The van der Waals surface area contributed by atoms with E-state index in [0.29, 0.717) is 5.56 Å². The highest BCUT2D eigenvalue weighted by Gasteiger charge is 2.30. The van der Waals surface area contributed by atoms with Gasteiger partial charge in [0.2, 0.25) is 5.91 Å². The maximum absolute atomic E-state index is 12.3. The highest BCUT2D eigenvalue weighted by molar-refractivity contribution is 5.85. The van der Waals surface area contributed by atoms with Crippen LogP contribution in [0.2, 0.25) is 0 Å². The number of halogens is 4. The first-order valence-corrected chi connectivity index (χ1v) is 4.56. The number of hydrogen-bond donors (Lipinski definition) is 2. The van der Waals surface area contributed by atoms with Crippen molar-refractivity contribution >= 4 is 18.3 Å². The normalized spacial score (nSPS) is 10.6. The summed E-state index contributed by atoms with van der Waals surface area (Å²) in [7, 11) is 0. The van der Waals surface area contributed by atoms with Gasteiger partial charge in [0.1, 0.15) is 0 Å². The average Bonchev–Trinajstić information content (AvgIpc) is 2.25. The van der Waals surface area contributed by atoms with Gasteiger partial charge in [-0.1, -0.05) is 12.1 Å². The van der Waals surface area contributed by atoms with Crippen molar-refractivity contribution < 1.29 is 18.0 Å². The molecule has 0 radical (unpaired) electrons. The number of carbonyl (C=O) groups excluding carboxylic acids is 1. The molecule has 0 aliphatic rings. The van der Waals surface area contributed by atoms with Crippen LogP contribution in [0.25, 0.3) is 0 Å². The molecule has 7 heteroatoms. The van der Waals surface area contributed by atoms with E-state index in [4.69, 9.17) is 5.73 Å². The predicted octanol–water partition coefficient (Wildman–Crippen LogP) is 1.70. The zero-order valence-electron chi connectivity index (χ0n) is 8.75. The summed E-state index contributed by atoms with van der Waals surface area (Å²) in [6.07, 6.45) is -4.37. The van der Waals surface area contributed by atoms with Gasteiger partial charge in [-0.25, -0.2) is 0 Å². The Kier molecular flexibility index (Phi) is 5.98. The van der Waals surface area contributed by atoms with Crippen LogP contribution in [0.5, 0.6) is 0 Å². The van der Waals surface area contributed by atoms with Crippen molar-refractivity contribution in [3.8, 4) is 0 Å². The summed E-state index contributed by atoms with van der Waals surface area (Å²) in [5.41, 5.74) is 4.70. The summed E-state index contributed by atoms with van der Waals surface area (Å²) >= 11 is 0. The molecule has 3 N–H and O–H groups in total. The summed E-state index contributed by atoms with van der Waals surface area (Å²) in [5.74, 6) is -0.405. The number of rotatable bonds is 3. The lowest BCUT2D eigenvalue weighted by molar-refractivity contribution is -0.137. The molecule has 1 amide bonds. The second-order valence-electron chi connectivity index (χ2n) is 3.18. The molecule has 0 saturated heterocycles. The molecular weight excluding hydrogens is 257 g/mol. The standard InChI is InChI=1S/C10H11F3N2O.ClH/c11-10(12,13)8-3-1-2-7(4-8)6-15-9(16)5-14;/h1-4H,5-6,14H2,(H,15,16);1H. The zero-order chi connectivity index (χ0) is 12.2. The Morgan fingerprint density at radius 1 is 1.35 bits per heavy atom. The summed E-state index contributed by atoms with van der Waals surface area (Å²) < 4.78 is 37.0. The maximum atomic E-state index is 12.3. The topological polar surface area (TPSA) is 55.1 Å². The van der Waals surface area contributed by atoms with Gasteiger partial charge in [-0.2, -0.15) is 13.2 Å². The van der Waals surface area contributed by atoms with Crippen molar-refractivity contribution in [3.63, 3.8) is 0 Å². The number of amides is 1. The second kappa shape index (κ2) is 6.46. The van der Waals surface area contributed by atoms with E-state index in [0.717, 1.165) is 12.1 Å². The Bertz CT molecular complexity index is 382. The van der Waals surface area contributed by atoms with E-state index < -0.39 is 17.6 Å². The molecule has 0 aliphatic heterocycles. The van der Waals surface area contributed by atoms with Crippen LogP contribution in [-0.2, 0) is 17.5 Å². The summed E-state index contributed by atoms with van der Waals surface area (Å²) in [4.78, 5) is 10.8. The molecule has 0 unspecified atom stereocenters. The fourth-order valence-corrected chi connectivity index (χ4v) is 1.13. The number of nitrogens with two attached hydrogens (primary N) is 1. The lowest BCUT2D eigenvalue weighted by atomic mass is 10.1. The van der Waals surface area contributed by atoms with E-state index in [9.17, 15) is 18.0 Å². The van der Waals surface area contributed by atoms with Gasteiger partial charge < -0.3 is 11.1 Å². The Hall–Kier alpha value is -1.27. The van der Waals surface area contributed by atoms with E-state index in [2.05, 4.69) is 5.32 Å². The number of nitrogens with one attached hydrogen (secondary N) is 1. The van der Waals surface area contributed by atoms with E-state index in [1.807, 2.05) is 0 Å². The molecule has 0 saturated carbocycles. The van der Waals surface area contributed by atoms with Crippen LogP contribution in [0, 0.1) is 0 Å². The lowest BCUT2D eigenvalue weighted by Gasteiger charge is -2.09. The lowest BCUT2D eigenvalue weighted by Crippen LogP contribution is -2.29. The third kappa shape index (κ3) is 5.06. The molecule has 1 aromatic carbocycles. The van der Waals surface area contributed by atoms with Crippen molar-refractivity contribution in [2.75, 3.05) is 6.54 Å². The summed E-state index contributed by atoms with van der Waals surface area (Å²) in [6, 6.07) is 4.78. The van der Waals surface area contributed by atoms with E-state index >= 15 is 0 Å². The molecule has 0 fully saturated rings. The first-order chi connectivity index (χ1) is 7.43. The SMILES string of the molecule is Cl.NCC(=O)NCc1cccc(C(F)(F)F)c1. The Labute approximate surface area is 103 Å². The summed E-state index contributed by atoms with van der Waals surface area (Å²) in [5, 5.41) is 2.40. The van der Waals surface area contributed by atoms with Crippen molar-refractivity contribution in [1.29, 1.82) is 0 Å². The van der Waals surface area contributed by atoms with Gasteiger partial charge in [0.05, 0.1) is 12.1 Å². The Morgan fingerprint density at radius 3 is 2.53 bits per heavy atom. The number of hydrogen-bond acceptors (Lipinski definition) is 2. The fraction of sp³-hybridized carbons (Fsp3) is 0.300. The van der Waals surface area contributed by atoms with Crippen LogP contribution in [0.15, 0.2) is 24.3 Å². The maximum Gasteiger partial charge on any atom is 0.416 e. The molecule has 0 aliphatic carbocycles. The molecule has 1 rings (SSSR count). The number of carbonyl (C=O) groups is 1. The van der Waals surface area contributed by atoms with Gasteiger partial charge in [-0.3, -0.25) is 4.79 Å². The largest absolute Gasteiger partial charge is 0.416 e. The van der Waals surface area contributed by atoms with Crippen LogP contribution in [0.3, 0.4) is 0 Å².